The fourth-order valence-corrected chi connectivity index (χ4v) is 2.09. The van der Waals surface area contributed by atoms with E-state index in [-0.39, 0.29) is 5.78 Å². The van der Waals surface area contributed by atoms with Gasteiger partial charge in [-0.3, -0.25) is 4.79 Å². The van der Waals surface area contributed by atoms with E-state index in [1.807, 2.05) is 36.4 Å². The molecule has 0 aliphatic heterocycles. The zero-order chi connectivity index (χ0) is 10.8. The van der Waals surface area contributed by atoms with Crippen molar-refractivity contribution in [1.82, 2.24) is 0 Å². The van der Waals surface area contributed by atoms with E-state index >= 15 is 0 Å². The van der Waals surface area contributed by atoms with E-state index in [9.17, 15) is 4.79 Å². The van der Waals surface area contributed by atoms with Crippen molar-refractivity contribution in [2.24, 2.45) is 0 Å². The van der Waals surface area contributed by atoms with Crippen LogP contribution in [0.25, 0.3) is 10.8 Å². The summed E-state index contributed by atoms with van der Waals surface area (Å²) >= 11 is 3.46. The lowest BCUT2D eigenvalue weighted by Gasteiger charge is -2.04. The number of rotatable bonds is 2. The van der Waals surface area contributed by atoms with Gasteiger partial charge in [0.25, 0.3) is 0 Å². The third-order valence-electron chi connectivity index (χ3n) is 2.32. The second-order valence-corrected chi connectivity index (χ2v) is 4.06. The van der Waals surface area contributed by atoms with Gasteiger partial charge >= 0.3 is 0 Å². The van der Waals surface area contributed by atoms with Crippen molar-refractivity contribution in [3.8, 4) is 0 Å². The molecule has 2 rings (SSSR count). The topological polar surface area (TPSA) is 17.1 Å². The van der Waals surface area contributed by atoms with Gasteiger partial charge in [-0.1, -0.05) is 52.8 Å². The molecule has 2 aromatic carbocycles. The molecule has 74 valence electrons. The Kier molecular flexibility index (Phi) is 2.69. The molecular formula is C13H9BrO. The zero-order valence-corrected chi connectivity index (χ0v) is 9.62. The molecular weight excluding hydrogens is 252 g/mol. The van der Waals surface area contributed by atoms with Gasteiger partial charge in [0.15, 0.2) is 5.78 Å². The standard InChI is InChI=1S/C13H9BrO/c1-2-13(15)11-7-3-6-10-9(11)5-4-8-12(10)14/h2-8H,1H2. The fraction of sp³-hybridized carbons (Fsp3) is 0. The van der Waals surface area contributed by atoms with E-state index in [0.717, 1.165) is 15.2 Å². The molecule has 0 N–H and O–H groups in total. The smallest absolute Gasteiger partial charge is 0.185 e. The molecule has 0 amide bonds. The van der Waals surface area contributed by atoms with Crippen LogP contribution in [0, 0.1) is 0 Å². The van der Waals surface area contributed by atoms with Gasteiger partial charge in [0.1, 0.15) is 0 Å². The van der Waals surface area contributed by atoms with E-state index in [4.69, 9.17) is 0 Å². The number of carbonyl (C=O) groups excluding carboxylic acids is 1. The van der Waals surface area contributed by atoms with E-state index < -0.39 is 0 Å². The first-order valence-electron chi connectivity index (χ1n) is 4.58. The van der Waals surface area contributed by atoms with Gasteiger partial charge in [-0.15, -0.1) is 0 Å². The molecule has 0 heterocycles. The predicted molar refractivity (Wildman–Crippen MR) is 66.2 cm³/mol. The third-order valence-corrected chi connectivity index (χ3v) is 3.01. The number of hydrogen-bond acceptors (Lipinski definition) is 1. The molecule has 2 heteroatoms. The van der Waals surface area contributed by atoms with Crippen LogP contribution >= 0.6 is 15.9 Å². The van der Waals surface area contributed by atoms with Gasteiger partial charge in [-0.2, -0.15) is 0 Å². The van der Waals surface area contributed by atoms with Gasteiger partial charge in [0, 0.05) is 10.0 Å². The van der Waals surface area contributed by atoms with Crippen LogP contribution in [0.3, 0.4) is 0 Å². The van der Waals surface area contributed by atoms with Crippen LogP contribution in [0.5, 0.6) is 0 Å². The van der Waals surface area contributed by atoms with Crippen molar-refractivity contribution in [2.75, 3.05) is 0 Å². The molecule has 2 aromatic rings. The summed E-state index contributed by atoms with van der Waals surface area (Å²) in [6, 6.07) is 11.5. The first kappa shape index (κ1) is 10.1. The van der Waals surface area contributed by atoms with Crippen LogP contribution < -0.4 is 0 Å². The van der Waals surface area contributed by atoms with Gasteiger partial charge in [0.05, 0.1) is 0 Å². The molecule has 0 radical (unpaired) electrons. The number of allylic oxidation sites excluding steroid dienone is 1. The largest absolute Gasteiger partial charge is 0.289 e. The Hall–Kier alpha value is -1.41. The summed E-state index contributed by atoms with van der Waals surface area (Å²) in [4.78, 5) is 11.6. The summed E-state index contributed by atoms with van der Waals surface area (Å²) in [5, 5.41) is 2.00. The van der Waals surface area contributed by atoms with Gasteiger partial charge in [-0.25, -0.2) is 0 Å². The Balaban J connectivity index is 2.82. The second-order valence-electron chi connectivity index (χ2n) is 3.21. The SMILES string of the molecule is C=CC(=O)c1cccc2c(Br)cccc12. The first-order valence-corrected chi connectivity index (χ1v) is 5.37. The van der Waals surface area contributed by atoms with Gasteiger partial charge in [0.2, 0.25) is 0 Å². The Morgan fingerprint density at radius 2 is 1.80 bits per heavy atom. The molecule has 0 aromatic heterocycles. The summed E-state index contributed by atoms with van der Waals surface area (Å²) < 4.78 is 0.999. The normalized spacial score (nSPS) is 10.2. The van der Waals surface area contributed by atoms with E-state index in [1.165, 1.54) is 6.08 Å². The minimum atomic E-state index is -0.0429. The summed E-state index contributed by atoms with van der Waals surface area (Å²) in [6.45, 7) is 3.50. The van der Waals surface area contributed by atoms with Gasteiger partial charge in [-0.05, 0) is 22.9 Å². The van der Waals surface area contributed by atoms with Crippen molar-refractivity contribution in [1.29, 1.82) is 0 Å². The van der Waals surface area contributed by atoms with Crippen molar-refractivity contribution in [3.05, 3.63) is 59.1 Å². The molecule has 1 nitrogen and oxygen atoms in total. The maximum Gasteiger partial charge on any atom is 0.185 e. The fourth-order valence-electron chi connectivity index (χ4n) is 1.60. The molecule has 0 aliphatic carbocycles. The highest BCUT2D eigenvalue weighted by Gasteiger charge is 2.07. The maximum atomic E-state index is 11.6. The van der Waals surface area contributed by atoms with Crippen molar-refractivity contribution < 1.29 is 4.79 Å². The van der Waals surface area contributed by atoms with Crippen LogP contribution in [0.4, 0.5) is 0 Å². The molecule has 0 saturated carbocycles. The van der Waals surface area contributed by atoms with Crippen LogP contribution in [-0.4, -0.2) is 5.78 Å². The van der Waals surface area contributed by atoms with Crippen molar-refractivity contribution in [2.45, 2.75) is 0 Å². The van der Waals surface area contributed by atoms with E-state index in [0.29, 0.717) is 5.56 Å². The molecule has 0 unspecified atom stereocenters. The highest BCUT2D eigenvalue weighted by Crippen LogP contribution is 2.26. The Bertz CT molecular complexity index is 543. The van der Waals surface area contributed by atoms with Crippen LogP contribution in [0.1, 0.15) is 10.4 Å². The minimum absolute atomic E-state index is 0.0429. The number of carbonyl (C=O) groups is 1. The molecule has 0 bridgehead atoms. The Labute approximate surface area is 96.5 Å². The molecule has 15 heavy (non-hydrogen) atoms. The molecule has 0 spiro atoms. The lowest BCUT2D eigenvalue weighted by atomic mass is 10.0. The summed E-state index contributed by atoms with van der Waals surface area (Å²) in [6.07, 6.45) is 1.34. The number of halogens is 1. The highest BCUT2D eigenvalue weighted by atomic mass is 79.9. The Morgan fingerprint density at radius 3 is 2.53 bits per heavy atom. The first-order chi connectivity index (χ1) is 7.24. The molecule has 0 fully saturated rings. The van der Waals surface area contributed by atoms with E-state index in [1.54, 1.807) is 0 Å². The van der Waals surface area contributed by atoms with Crippen molar-refractivity contribution in [3.63, 3.8) is 0 Å². The summed E-state index contributed by atoms with van der Waals surface area (Å²) in [7, 11) is 0. The van der Waals surface area contributed by atoms with Crippen LogP contribution in [0.2, 0.25) is 0 Å². The average molecular weight is 261 g/mol. The molecule has 0 atom stereocenters. The Morgan fingerprint density at radius 1 is 1.13 bits per heavy atom. The number of ketones is 1. The monoisotopic (exact) mass is 260 g/mol. The lowest BCUT2D eigenvalue weighted by Crippen LogP contribution is -1.94. The summed E-state index contributed by atoms with van der Waals surface area (Å²) in [5.41, 5.74) is 0.698. The molecule has 0 saturated heterocycles. The van der Waals surface area contributed by atoms with Crippen LogP contribution in [0.15, 0.2) is 53.5 Å². The number of benzene rings is 2. The number of fused-ring (bicyclic) bond motifs is 1. The lowest BCUT2D eigenvalue weighted by molar-refractivity contribution is 0.104. The van der Waals surface area contributed by atoms with Crippen LogP contribution in [-0.2, 0) is 0 Å². The average Bonchev–Trinajstić information content (AvgIpc) is 2.28. The quantitative estimate of drug-likeness (QED) is 0.590. The summed E-state index contributed by atoms with van der Waals surface area (Å²) in [5.74, 6) is -0.0429. The van der Waals surface area contributed by atoms with E-state index in [2.05, 4.69) is 22.5 Å². The molecule has 0 aliphatic rings. The zero-order valence-electron chi connectivity index (χ0n) is 8.03. The number of hydrogen-bond donors (Lipinski definition) is 0. The second kappa shape index (κ2) is 3.99. The van der Waals surface area contributed by atoms with Crippen molar-refractivity contribution >= 4 is 32.5 Å². The highest BCUT2D eigenvalue weighted by molar-refractivity contribution is 9.10. The minimum Gasteiger partial charge on any atom is -0.289 e. The van der Waals surface area contributed by atoms with Gasteiger partial charge < -0.3 is 0 Å². The predicted octanol–water partition coefficient (Wildman–Crippen LogP) is 3.97. The maximum absolute atomic E-state index is 11.6. The third kappa shape index (κ3) is 1.73.